The molecular weight excluding hydrogens is 220 g/mol. The summed E-state index contributed by atoms with van der Waals surface area (Å²) in [6.07, 6.45) is 9.67. The Bertz CT molecular complexity index is 243. The highest BCUT2D eigenvalue weighted by molar-refractivity contribution is 4.90. The van der Waals surface area contributed by atoms with Gasteiger partial charge in [-0.05, 0) is 70.4 Å². The van der Waals surface area contributed by atoms with Crippen molar-refractivity contribution in [2.45, 2.75) is 77.8 Å². The quantitative estimate of drug-likeness (QED) is 0.666. The van der Waals surface area contributed by atoms with Crippen LogP contribution in [0.1, 0.15) is 65.7 Å². The molecule has 2 rings (SSSR count). The minimum atomic E-state index is 0.639. The molecule has 1 saturated heterocycles. The lowest BCUT2D eigenvalue weighted by molar-refractivity contribution is 0.194. The van der Waals surface area contributed by atoms with Gasteiger partial charge in [0.15, 0.2) is 0 Å². The molecule has 0 spiro atoms. The molecule has 0 amide bonds. The molecular formula is C16H32N2. The molecule has 106 valence electrons. The van der Waals surface area contributed by atoms with Crippen LogP contribution in [0, 0.1) is 5.41 Å². The monoisotopic (exact) mass is 252 g/mol. The van der Waals surface area contributed by atoms with Gasteiger partial charge in [-0.15, -0.1) is 0 Å². The molecule has 1 heterocycles. The summed E-state index contributed by atoms with van der Waals surface area (Å²) in [5.74, 6) is 0. The molecule has 1 saturated carbocycles. The first kappa shape index (κ1) is 14.3. The molecule has 0 radical (unpaired) electrons. The Balaban J connectivity index is 1.64. The van der Waals surface area contributed by atoms with E-state index >= 15 is 0 Å². The van der Waals surface area contributed by atoms with Crippen LogP contribution in [0.4, 0.5) is 0 Å². The molecule has 0 aromatic carbocycles. The van der Waals surface area contributed by atoms with E-state index in [1.807, 2.05) is 0 Å². The smallest absolute Gasteiger partial charge is 0.00682 e. The van der Waals surface area contributed by atoms with Gasteiger partial charge in [0.1, 0.15) is 0 Å². The van der Waals surface area contributed by atoms with E-state index in [2.05, 4.69) is 31.0 Å². The number of nitrogens with zero attached hydrogens (tertiary/aromatic N) is 1. The van der Waals surface area contributed by atoms with Crippen molar-refractivity contribution in [3.05, 3.63) is 0 Å². The van der Waals surface area contributed by atoms with Crippen LogP contribution in [-0.2, 0) is 0 Å². The van der Waals surface area contributed by atoms with Gasteiger partial charge in [0.2, 0.25) is 0 Å². The molecule has 1 unspecified atom stereocenters. The topological polar surface area (TPSA) is 15.3 Å². The predicted molar refractivity (Wildman–Crippen MR) is 78.9 cm³/mol. The SMILES string of the molecule is CCC1(CC)CCN(C(C)CCCNC2CC2)C1. The van der Waals surface area contributed by atoms with Crippen molar-refractivity contribution in [1.29, 1.82) is 0 Å². The van der Waals surface area contributed by atoms with Gasteiger partial charge >= 0.3 is 0 Å². The molecule has 0 aromatic heterocycles. The summed E-state index contributed by atoms with van der Waals surface area (Å²) >= 11 is 0. The van der Waals surface area contributed by atoms with Gasteiger partial charge in [0, 0.05) is 18.6 Å². The maximum absolute atomic E-state index is 3.62. The summed E-state index contributed by atoms with van der Waals surface area (Å²) < 4.78 is 0. The lowest BCUT2D eigenvalue weighted by atomic mass is 9.82. The zero-order valence-electron chi connectivity index (χ0n) is 12.7. The normalized spacial score (nSPS) is 25.5. The molecule has 18 heavy (non-hydrogen) atoms. The zero-order valence-corrected chi connectivity index (χ0v) is 12.7. The maximum Gasteiger partial charge on any atom is 0.00682 e. The van der Waals surface area contributed by atoms with Crippen LogP contribution in [0.5, 0.6) is 0 Å². The molecule has 2 heteroatoms. The van der Waals surface area contributed by atoms with Crippen LogP contribution in [0.15, 0.2) is 0 Å². The summed E-state index contributed by atoms with van der Waals surface area (Å²) in [6, 6.07) is 1.66. The average Bonchev–Trinajstić information content (AvgIpc) is 3.11. The van der Waals surface area contributed by atoms with E-state index < -0.39 is 0 Å². The van der Waals surface area contributed by atoms with Crippen molar-refractivity contribution in [3.8, 4) is 0 Å². The van der Waals surface area contributed by atoms with Crippen molar-refractivity contribution in [2.75, 3.05) is 19.6 Å². The highest BCUT2D eigenvalue weighted by Crippen LogP contribution is 2.38. The molecule has 2 fully saturated rings. The Kier molecular flexibility index (Phi) is 5.08. The van der Waals surface area contributed by atoms with Crippen molar-refractivity contribution in [1.82, 2.24) is 10.2 Å². The maximum atomic E-state index is 3.62. The van der Waals surface area contributed by atoms with Gasteiger partial charge < -0.3 is 10.2 Å². The van der Waals surface area contributed by atoms with E-state index in [0.717, 1.165) is 12.1 Å². The van der Waals surface area contributed by atoms with Crippen molar-refractivity contribution in [2.24, 2.45) is 5.41 Å². The second-order valence-corrected chi connectivity index (χ2v) is 6.65. The minimum Gasteiger partial charge on any atom is -0.314 e. The highest BCUT2D eigenvalue weighted by atomic mass is 15.2. The number of rotatable bonds is 8. The first-order chi connectivity index (χ1) is 8.69. The second kappa shape index (κ2) is 6.38. The fraction of sp³-hybridized carbons (Fsp3) is 1.00. The van der Waals surface area contributed by atoms with E-state index in [4.69, 9.17) is 0 Å². The molecule has 0 aromatic rings. The van der Waals surface area contributed by atoms with E-state index in [0.29, 0.717) is 5.41 Å². The molecule has 1 aliphatic carbocycles. The molecule has 1 N–H and O–H groups in total. The van der Waals surface area contributed by atoms with Gasteiger partial charge in [0.05, 0.1) is 0 Å². The summed E-state index contributed by atoms with van der Waals surface area (Å²) in [5.41, 5.74) is 0.639. The number of hydrogen-bond acceptors (Lipinski definition) is 2. The standard InChI is InChI=1S/C16H32N2/c1-4-16(5-2)10-12-18(13-16)14(3)7-6-11-17-15-8-9-15/h14-15,17H,4-13H2,1-3H3. The molecule has 2 aliphatic rings. The highest BCUT2D eigenvalue weighted by Gasteiger charge is 2.36. The minimum absolute atomic E-state index is 0.639. The van der Waals surface area contributed by atoms with Gasteiger partial charge in [-0.3, -0.25) is 0 Å². The summed E-state index contributed by atoms with van der Waals surface area (Å²) in [6.45, 7) is 11.1. The second-order valence-electron chi connectivity index (χ2n) is 6.65. The lowest BCUT2D eigenvalue weighted by Crippen LogP contribution is -2.34. The Morgan fingerprint density at radius 2 is 2.00 bits per heavy atom. The van der Waals surface area contributed by atoms with Gasteiger partial charge in [-0.2, -0.15) is 0 Å². The van der Waals surface area contributed by atoms with Crippen LogP contribution >= 0.6 is 0 Å². The third kappa shape index (κ3) is 3.71. The third-order valence-electron chi connectivity index (χ3n) is 5.40. The van der Waals surface area contributed by atoms with E-state index in [1.54, 1.807) is 0 Å². The number of hydrogen-bond donors (Lipinski definition) is 1. The number of likely N-dealkylation sites (tertiary alicyclic amines) is 1. The van der Waals surface area contributed by atoms with E-state index in [9.17, 15) is 0 Å². The molecule has 1 atom stereocenters. The molecule has 1 aliphatic heterocycles. The van der Waals surface area contributed by atoms with Crippen molar-refractivity contribution in [3.63, 3.8) is 0 Å². The summed E-state index contributed by atoms with van der Waals surface area (Å²) in [4.78, 5) is 2.74. The molecule has 2 nitrogen and oxygen atoms in total. The van der Waals surface area contributed by atoms with Crippen molar-refractivity contribution >= 4 is 0 Å². The van der Waals surface area contributed by atoms with Crippen LogP contribution in [0.2, 0.25) is 0 Å². The third-order valence-corrected chi connectivity index (χ3v) is 5.40. The van der Waals surface area contributed by atoms with E-state index in [-0.39, 0.29) is 0 Å². The van der Waals surface area contributed by atoms with Crippen LogP contribution in [0.3, 0.4) is 0 Å². The Hall–Kier alpha value is -0.0800. The fourth-order valence-electron chi connectivity index (χ4n) is 3.35. The Morgan fingerprint density at radius 3 is 2.56 bits per heavy atom. The largest absolute Gasteiger partial charge is 0.314 e. The summed E-state index contributed by atoms with van der Waals surface area (Å²) in [7, 11) is 0. The zero-order chi connectivity index (χ0) is 13.0. The molecule has 0 bridgehead atoms. The predicted octanol–water partition coefficient (Wildman–Crippen LogP) is 3.42. The fourth-order valence-corrected chi connectivity index (χ4v) is 3.35. The first-order valence-electron chi connectivity index (χ1n) is 8.16. The Morgan fingerprint density at radius 1 is 1.28 bits per heavy atom. The van der Waals surface area contributed by atoms with Crippen LogP contribution in [0.25, 0.3) is 0 Å². The average molecular weight is 252 g/mol. The first-order valence-corrected chi connectivity index (χ1v) is 8.16. The Labute approximate surface area is 114 Å². The van der Waals surface area contributed by atoms with E-state index in [1.165, 1.54) is 64.6 Å². The van der Waals surface area contributed by atoms with Crippen molar-refractivity contribution < 1.29 is 0 Å². The van der Waals surface area contributed by atoms with Gasteiger partial charge in [0.25, 0.3) is 0 Å². The van der Waals surface area contributed by atoms with Crippen LogP contribution < -0.4 is 5.32 Å². The summed E-state index contributed by atoms with van der Waals surface area (Å²) in [5, 5.41) is 3.62. The van der Waals surface area contributed by atoms with Crippen LogP contribution in [-0.4, -0.2) is 36.6 Å². The van der Waals surface area contributed by atoms with Gasteiger partial charge in [-0.25, -0.2) is 0 Å². The lowest BCUT2D eigenvalue weighted by Gasteiger charge is -2.29. The van der Waals surface area contributed by atoms with Gasteiger partial charge in [-0.1, -0.05) is 13.8 Å². The number of nitrogens with one attached hydrogen (secondary N) is 1.